The number of nitrogen functional groups attached to an aromatic ring is 1. The van der Waals surface area contributed by atoms with Crippen molar-refractivity contribution in [1.29, 1.82) is 0 Å². The lowest BCUT2D eigenvalue weighted by atomic mass is 10.1. The van der Waals surface area contributed by atoms with Crippen LogP contribution in [-0.2, 0) is 11.3 Å². The van der Waals surface area contributed by atoms with Gasteiger partial charge in [0.15, 0.2) is 5.65 Å². The van der Waals surface area contributed by atoms with Crippen LogP contribution < -0.4 is 11.1 Å². The van der Waals surface area contributed by atoms with Crippen LogP contribution in [0.5, 0.6) is 0 Å². The molecule has 1 aliphatic heterocycles. The number of amides is 2. The number of nitrogens with two attached hydrogens (primary N) is 1. The standard InChI is InChI=1S/C26H25FN8O2/c1-2-20(36)34-12-4-5-18(14-34)35-25-21(24(28)31-15-32-25)22(33-35)17-9-7-16(8-10-17)13-30-26(37)19-6-3-11-29-23(19)27/h2-3,6-11,15,18H,1,4-5,12-14H2,(H,30,37)(H2,28,31,32). The predicted octanol–water partition coefficient (Wildman–Crippen LogP) is 2.89. The summed E-state index contributed by atoms with van der Waals surface area (Å²) in [5, 5.41) is 8.21. The molecule has 1 aromatic carbocycles. The number of halogens is 1. The molecule has 10 nitrogen and oxygen atoms in total. The highest BCUT2D eigenvalue weighted by Gasteiger charge is 2.28. The summed E-state index contributed by atoms with van der Waals surface area (Å²) in [6, 6.07) is 10.3. The fourth-order valence-electron chi connectivity index (χ4n) is 4.55. The van der Waals surface area contributed by atoms with E-state index in [2.05, 4.69) is 26.8 Å². The first-order chi connectivity index (χ1) is 18.0. The molecule has 1 saturated heterocycles. The second kappa shape index (κ2) is 10.1. The van der Waals surface area contributed by atoms with Gasteiger partial charge in [0.05, 0.1) is 17.0 Å². The summed E-state index contributed by atoms with van der Waals surface area (Å²) in [5.41, 5.74) is 9.00. The first kappa shape index (κ1) is 24.0. The molecule has 0 radical (unpaired) electrons. The maximum Gasteiger partial charge on any atom is 0.256 e. The van der Waals surface area contributed by atoms with E-state index in [0.29, 0.717) is 35.6 Å². The van der Waals surface area contributed by atoms with Crippen molar-refractivity contribution >= 4 is 28.7 Å². The number of carbonyl (C=O) groups is 2. The van der Waals surface area contributed by atoms with Crippen LogP contribution in [0.3, 0.4) is 0 Å². The van der Waals surface area contributed by atoms with Gasteiger partial charge in [-0.25, -0.2) is 19.6 Å². The van der Waals surface area contributed by atoms with Gasteiger partial charge in [-0.2, -0.15) is 9.49 Å². The quantitative estimate of drug-likeness (QED) is 0.307. The van der Waals surface area contributed by atoms with Crippen LogP contribution in [0.25, 0.3) is 22.3 Å². The van der Waals surface area contributed by atoms with Gasteiger partial charge in [-0.15, -0.1) is 0 Å². The minimum Gasteiger partial charge on any atom is -0.383 e. The first-order valence-electron chi connectivity index (χ1n) is 11.8. The Morgan fingerprint density at radius 2 is 2.00 bits per heavy atom. The van der Waals surface area contributed by atoms with E-state index in [0.717, 1.165) is 24.0 Å². The number of rotatable bonds is 6. The number of hydrogen-bond donors (Lipinski definition) is 2. The van der Waals surface area contributed by atoms with Crippen molar-refractivity contribution < 1.29 is 14.0 Å². The van der Waals surface area contributed by atoms with Gasteiger partial charge in [0.25, 0.3) is 5.91 Å². The van der Waals surface area contributed by atoms with Gasteiger partial charge in [-0.3, -0.25) is 9.59 Å². The minimum atomic E-state index is -0.812. The summed E-state index contributed by atoms with van der Waals surface area (Å²) < 4.78 is 15.6. The fraction of sp³-hybridized carbons (Fsp3) is 0.231. The number of anilines is 1. The van der Waals surface area contributed by atoms with Crippen LogP contribution in [0, 0.1) is 5.95 Å². The zero-order valence-corrected chi connectivity index (χ0v) is 20.0. The average Bonchev–Trinajstić information content (AvgIpc) is 3.33. The lowest BCUT2D eigenvalue weighted by Gasteiger charge is -2.32. The van der Waals surface area contributed by atoms with Crippen molar-refractivity contribution in [2.75, 3.05) is 18.8 Å². The second-order valence-corrected chi connectivity index (χ2v) is 8.76. The number of benzene rings is 1. The van der Waals surface area contributed by atoms with E-state index in [1.807, 2.05) is 28.9 Å². The highest BCUT2D eigenvalue weighted by Crippen LogP contribution is 2.33. The van der Waals surface area contributed by atoms with Gasteiger partial charge in [-0.1, -0.05) is 30.8 Å². The van der Waals surface area contributed by atoms with Crippen LogP contribution in [0.2, 0.25) is 0 Å². The monoisotopic (exact) mass is 500 g/mol. The number of carbonyl (C=O) groups excluding carboxylic acids is 2. The van der Waals surface area contributed by atoms with E-state index in [1.165, 1.54) is 30.7 Å². The molecule has 2 amide bonds. The van der Waals surface area contributed by atoms with E-state index in [-0.39, 0.29) is 24.1 Å². The fourth-order valence-corrected chi connectivity index (χ4v) is 4.55. The number of aromatic nitrogens is 5. The molecule has 1 atom stereocenters. The van der Waals surface area contributed by atoms with Crippen LogP contribution in [0.4, 0.5) is 10.2 Å². The highest BCUT2D eigenvalue weighted by atomic mass is 19.1. The maximum atomic E-state index is 13.8. The molecule has 0 spiro atoms. The van der Waals surface area contributed by atoms with Crippen molar-refractivity contribution in [2.45, 2.75) is 25.4 Å². The van der Waals surface area contributed by atoms with E-state index in [1.54, 1.807) is 4.90 Å². The third kappa shape index (κ3) is 4.75. The van der Waals surface area contributed by atoms with Crippen LogP contribution >= 0.6 is 0 Å². The van der Waals surface area contributed by atoms with Gasteiger partial charge >= 0.3 is 0 Å². The molecule has 1 aliphatic rings. The van der Waals surface area contributed by atoms with Gasteiger partial charge in [0.1, 0.15) is 17.8 Å². The molecule has 5 rings (SSSR count). The number of nitrogens with zero attached hydrogens (tertiary/aromatic N) is 6. The van der Waals surface area contributed by atoms with E-state index in [9.17, 15) is 14.0 Å². The molecule has 0 bridgehead atoms. The van der Waals surface area contributed by atoms with Gasteiger partial charge < -0.3 is 16.0 Å². The van der Waals surface area contributed by atoms with Crippen molar-refractivity contribution in [1.82, 2.24) is 34.9 Å². The molecule has 0 aliphatic carbocycles. The van der Waals surface area contributed by atoms with E-state index >= 15 is 0 Å². The van der Waals surface area contributed by atoms with Crippen molar-refractivity contribution in [3.63, 3.8) is 0 Å². The molecule has 3 aromatic heterocycles. The Bertz CT molecular complexity index is 1480. The number of nitrogens with one attached hydrogen (secondary N) is 1. The largest absolute Gasteiger partial charge is 0.383 e. The Kier molecular flexibility index (Phi) is 6.59. The molecule has 0 saturated carbocycles. The molecule has 4 heterocycles. The Hall–Kier alpha value is -4.67. The molecule has 37 heavy (non-hydrogen) atoms. The van der Waals surface area contributed by atoms with Crippen molar-refractivity contribution in [3.8, 4) is 11.3 Å². The lowest BCUT2D eigenvalue weighted by molar-refractivity contribution is -0.127. The molecule has 4 aromatic rings. The molecular weight excluding hydrogens is 475 g/mol. The summed E-state index contributed by atoms with van der Waals surface area (Å²) in [5.74, 6) is -1.14. The smallest absolute Gasteiger partial charge is 0.256 e. The molecule has 1 fully saturated rings. The number of hydrogen-bond acceptors (Lipinski definition) is 7. The third-order valence-corrected chi connectivity index (χ3v) is 6.43. The molecule has 1 unspecified atom stereocenters. The topological polar surface area (TPSA) is 132 Å². The summed E-state index contributed by atoms with van der Waals surface area (Å²) in [4.78, 5) is 38.4. The Morgan fingerprint density at radius 3 is 2.76 bits per heavy atom. The molecule has 188 valence electrons. The summed E-state index contributed by atoms with van der Waals surface area (Å²) in [6.45, 7) is 4.98. The van der Waals surface area contributed by atoms with E-state index in [4.69, 9.17) is 10.8 Å². The van der Waals surface area contributed by atoms with Crippen LogP contribution in [-0.4, -0.2) is 54.5 Å². The van der Waals surface area contributed by atoms with Gasteiger partial charge in [0.2, 0.25) is 11.9 Å². The minimum absolute atomic E-state index is 0.0643. The average molecular weight is 501 g/mol. The highest BCUT2D eigenvalue weighted by molar-refractivity contribution is 5.98. The zero-order valence-electron chi connectivity index (χ0n) is 20.0. The maximum absolute atomic E-state index is 13.8. The second-order valence-electron chi connectivity index (χ2n) is 8.76. The number of fused-ring (bicyclic) bond motifs is 1. The Balaban J connectivity index is 1.40. The summed E-state index contributed by atoms with van der Waals surface area (Å²) >= 11 is 0. The molecular formula is C26H25FN8O2. The third-order valence-electron chi connectivity index (χ3n) is 6.43. The number of piperidine rings is 1. The predicted molar refractivity (Wildman–Crippen MR) is 136 cm³/mol. The van der Waals surface area contributed by atoms with E-state index < -0.39 is 11.9 Å². The van der Waals surface area contributed by atoms with Crippen LogP contribution in [0.15, 0.2) is 61.6 Å². The molecule has 3 N–H and O–H groups in total. The summed E-state index contributed by atoms with van der Waals surface area (Å²) in [7, 11) is 0. The zero-order chi connectivity index (χ0) is 25.9. The van der Waals surface area contributed by atoms with Crippen molar-refractivity contribution in [3.05, 3.63) is 78.7 Å². The SMILES string of the molecule is C=CC(=O)N1CCCC(n2nc(-c3ccc(CNC(=O)c4cccnc4F)cc3)c3c(N)ncnc32)C1. The molecule has 11 heteroatoms. The lowest BCUT2D eigenvalue weighted by Crippen LogP contribution is -2.40. The Labute approximate surface area is 212 Å². The number of likely N-dealkylation sites (tertiary alicyclic amines) is 1. The summed E-state index contributed by atoms with van der Waals surface area (Å²) in [6.07, 6.45) is 5.71. The normalized spacial score (nSPS) is 15.5. The van der Waals surface area contributed by atoms with Gasteiger partial charge in [0, 0.05) is 31.4 Å². The van der Waals surface area contributed by atoms with Gasteiger partial charge in [-0.05, 0) is 36.6 Å². The Morgan fingerprint density at radius 1 is 1.19 bits per heavy atom. The van der Waals surface area contributed by atoms with Crippen molar-refractivity contribution in [2.24, 2.45) is 0 Å². The number of pyridine rings is 1. The first-order valence-corrected chi connectivity index (χ1v) is 11.8. The van der Waals surface area contributed by atoms with Crippen LogP contribution in [0.1, 0.15) is 34.8 Å².